The lowest BCUT2D eigenvalue weighted by molar-refractivity contribution is 0.707. The minimum absolute atomic E-state index is 0.757. The molecule has 0 saturated carbocycles. The number of nitrogen functional groups attached to an aromatic ring is 1. The fraction of sp³-hybridized carbons (Fsp3) is 0.235. The van der Waals surface area contributed by atoms with E-state index in [1.807, 2.05) is 36.4 Å². The van der Waals surface area contributed by atoms with Crippen LogP contribution in [0.1, 0.15) is 18.3 Å². The van der Waals surface area contributed by atoms with E-state index in [0.717, 1.165) is 47.0 Å². The molecular weight excluding hydrogens is 282 g/mol. The Labute approximate surface area is 129 Å². The first-order chi connectivity index (χ1) is 10.2. The Balaban J connectivity index is 1.94. The number of imidazole rings is 1. The van der Waals surface area contributed by atoms with Gasteiger partial charge in [-0.05, 0) is 37.1 Å². The molecule has 0 atom stereocenters. The van der Waals surface area contributed by atoms with Crippen LogP contribution in [0.3, 0.4) is 0 Å². The molecule has 0 bridgehead atoms. The molecule has 21 heavy (non-hydrogen) atoms. The van der Waals surface area contributed by atoms with Crippen molar-refractivity contribution in [1.29, 1.82) is 0 Å². The van der Waals surface area contributed by atoms with Gasteiger partial charge in [-0.15, -0.1) is 0 Å². The van der Waals surface area contributed by atoms with Gasteiger partial charge in [-0.1, -0.05) is 35.9 Å². The molecular formula is C17H18ClN3. The third kappa shape index (κ3) is 2.61. The van der Waals surface area contributed by atoms with Crippen LogP contribution in [0.15, 0.2) is 42.5 Å². The largest absolute Gasteiger partial charge is 0.399 e. The minimum atomic E-state index is 0.757. The maximum atomic E-state index is 6.32. The molecule has 0 radical (unpaired) electrons. The van der Waals surface area contributed by atoms with Crippen LogP contribution in [-0.4, -0.2) is 9.55 Å². The number of rotatable bonds is 4. The Morgan fingerprint density at radius 2 is 1.90 bits per heavy atom. The van der Waals surface area contributed by atoms with E-state index in [1.54, 1.807) is 0 Å². The van der Waals surface area contributed by atoms with Crippen LogP contribution in [-0.2, 0) is 19.4 Å². The molecule has 108 valence electrons. The zero-order valence-electron chi connectivity index (χ0n) is 12.0. The predicted molar refractivity (Wildman–Crippen MR) is 88.7 cm³/mol. The van der Waals surface area contributed by atoms with Crippen molar-refractivity contribution in [3.05, 3.63) is 58.9 Å². The fourth-order valence-electron chi connectivity index (χ4n) is 2.73. The number of hydrogen-bond donors (Lipinski definition) is 1. The fourth-order valence-corrected chi connectivity index (χ4v) is 3.00. The molecule has 2 aromatic carbocycles. The highest BCUT2D eigenvalue weighted by Crippen LogP contribution is 2.25. The lowest BCUT2D eigenvalue weighted by Gasteiger charge is -2.08. The lowest BCUT2D eigenvalue weighted by Crippen LogP contribution is -2.05. The summed E-state index contributed by atoms with van der Waals surface area (Å²) in [6.07, 6.45) is 1.74. The molecule has 0 aliphatic heterocycles. The van der Waals surface area contributed by atoms with Crippen LogP contribution >= 0.6 is 11.6 Å². The quantitative estimate of drug-likeness (QED) is 0.738. The SMILES string of the molecule is CCn1c(CCc2ccccc2N)nc2cccc(Cl)c21. The number of fused-ring (bicyclic) bond motifs is 1. The van der Waals surface area contributed by atoms with Crippen molar-refractivity contribution in [2.24, 2.45) is 0 Å². The van der Waals surface area contributed by atoms with Gasteiger partial charge in [0.25, 0.3) is 0 Å². The molecule has 0 spiro atoms. The molecule has 0 aliphatic rings. The second-order valence-electron chi connectivity index (χ2n) is 5.08. The van der Waals surface area contributed by atoms with E-state index in [2.05, 4.69) is 17.6 Å². The Bertz CT molecular complexity index is 777. The third-order valence-corrected chi connectivity index (χ3v) is 4.09. The first kappa shape index (κ1) is 14.0. The standard InChI is InChI=1S/C17H18ClN3/c1-2-21-16(11-10-12-6-3-4-8-14(12)19)20-15-9-5-7-13(18)17(15)21/h3-9H,2,10-11,19H2,1H3. The summed E-state index contributed by atoms with van der Waals surface area (Å²) >= 11 is 6.32. The molecule has 0 saturated heterocycles. The molecule has 4 heteroatoms. The van der Waals surface area contributed by atoms with Crippen LogP contribution in [0.5, 0.6) is 0 Å². The van der Waals surface area contributed by atoms with E-state index >= 15 is 0 Å². The van der Waals surface area contributed by atoms with Gasteiger partial charge in [-0.25, -0.2) is 4.98 Å². The average molecular weight is 300 g/mol. The number of nitrogens with zero attached hydrogens (tertiary/aromatic N) is 2. The second-order valence-corrected chi connectivity index (χ2v) is 5.49. The number of aryl methyl sites for hydroxylation is 3. The highest BCUT2D eigenvalue weighted by atomic mass is 35.5. The summed E-state index contributed by atoms with van der Waals surface area (Å²) in [5, 5.41) is 0.757. The molecule has 3 aromatic rings. The van der Waals surface area contributed by atoms with E-state index in [9.17, 15) is 0 Å². The van der Waals surface area contributed by atoms with Gasteiger partial charge in [0.05, 0.1) is 16.1 Å². The van der Waals surface area contributed by atoms with Crippen molar-refractivity contribution in [1.82, 2.24) is 9.55 Å². The summed E-state index contributed by atoms with van der Waals surface area (Å²) in [5.41, 5.74) is 10.00. The molecule has 2 N–H and O–H groups in total. The summed E-state index contributed by atoms with van der Waals surface area (Å²) in [5.74, 6) is 1.06. The Hall–Kier alpha value is -2.00. The summed E-state index contributed by atoms with van der Waals surface area (Å²) in [6.45, 7) is 2.98. The van der Waals surface area contributed by atoms with Crippen molar-refractivity contribution < 1.29 is 0 Å². The van der Waals surface area contributed by atoms with Gasteiger partial charge in [0.1, 0.15) is 5.82 Å². The van der Waals surface area contributed by atoms with Gasteiger partial charge in [-0.2, -0.15) is 0 Å². The highest BCUT2D eigenvalue weighted by molar-refractivity contribution is 6.35. The zero-order chi connectivity index (χ0) is 14.8. The maximum Gasteiger partial charge on any atom is 0.110 e. The van der Waals surface area contributed by atoms with E-state index < -0.39 is 0 Å². The molecule has 0 fully saturated rings. The molecule has 3 nitrogen and oxygen atoms in total. The first-order valence-electron chi connectivity index (χ1n) is 7.17. The van der Waals surface area contributed by atoms with E-state index in [1.165, 1.54) is 5.56 Å². The number of anilines is 1. The molecule has 3 rings (SSSR count). The van der Waals surface area contributed by atoms with Gasteiger partial charge in [0.15, 0.2) is 0 Å². The maximum absolute atomic E-state index is 6.32. The Kier molecular flexibility index (Phi) is 3.84. The molecule has 0 unspecified atom stereocenters. The van der Waals surface area contributed by atoms with Crippen molar-refractivity contribution in [2.75, 3.05) is 5.73 Å². The summed E-state index contributed by atoms with van der Waals surface area (Å²) in [6, 6.07) is 13.8. The van der Waals surface area contributed by atoms with Crippen LogP contribution in [0.4, 0.5) is 5.69 Å². The normalized spacial score (nSPS) is 11.1. The number of halogens is 1. The first-order valence-corrected chi connectivity index (χ1v) is 7.55. The number of nitrogens with two attached hydrogens (primary N) is 1. The Morgan fingerprint density at radius 1 is 1.10 bits per heavy atom. The lowest BCUT2D eigenvalue weighted by atomic mass is 10.1. The van der Waals surface area contributed by atoms with Gasteiger partial charge < -0.3 is 10.3 Å². The summed E-state index contributed by atoms with van der Waals surface area (Å²) in [4.78, 5) is 4.73. The molecule has 0 aliphatic carbocycles. The van der Waals surface area contributed by atoms with Crippen LogP contribution in [0.25, 0.3) is 11.0 Å². The number of hydrogen-bond acceptors (Lipinski definition) is 2. The monoisotopic (exact) mass is 299 g/mol. The summed E-state index contributed by atoms with van der Waals surface area (Å²) in [7, 11) is 0. The number of para-hydroxylation sites is 2. The van der Waals surface area contributed by atoms with Crippen molar-refractivity contribution in [3.63, 3.8) is 0 Å². The van der Waals surface area contributed by atoms with Gasteiger partial charge in [-0.3, -0.25) is 0 Å². The van der Waals surface area contributed by atoms with E-state index in [-0.39, 0.29) is 0 Å². The highest BCUT2D eigenvalue weighted by Gasteiger charge is 2.12. The number of benzene rings is 2. The van der Waals surface area contributed by atoms with E-state index in [4.69, 9.17) is 22.3 Å². The predicted octanol–water partition coefficient (Wildman–Crippen LogP) is 4.08. The molecule has 0 amide bonds. The second kappa shape index (κ2) is 5.78. The summed E-state index contributed by atoms with van der Waals surface area (Å²) < 4.78 is 2.19. The van der Waals surface area contributed by atoms with Crippen molar-refractivity contribution >= 4 is 28.3 Å². The van der Waals surface area contributed by atoms with Crippen molar-refractivity contribution in [3.8, 4) is 0 Å². The smallest absolute Gasteiger partial charge is 0.110 e. The molecule has 1 aromatic heterocycles. The van der Waals surface area contributed by atoms with Gasteiger partial charge in [0.2, 0.25) is 0 Å². The topological polar surface area (TPSA) is 43.8 Å². The van der Waals surface area contributed by atoms with Crippen molar-refractivity contribution in [2.45, 2.75) is 26.3 Å². The van der Waals surface area contributed by atoms with E-state index in [0.29, 0.717) is 0 Å². The Morgan fingerprint density at radius 3 is 2.67 bits per heavy atom. The van der Waals surface area contributed by atoms with Crippen LogP contribution in [0, 0.1) is 0 Å². The third-order valence-electron chi connectivity index (χ3n) is 3.79. The average Bonchev–Trinajstić information content (AvgIpc) is 2.85. The van der Waals surface area contributed by atoms with Gasteiger partial charge >= 0.3 is 0 Å². The molecule has 1 heterocycles. The zero-order valence-corrected chi connectivity index (χ0v) is 12.8. The van der Waals surface area contributed by atoms with Crippen LogP contribution < -0.4 is 5.73 Å². The number of aromatic nitrogens is 2. The van der Waals surface area contributed by atoms with Crippen LogP contribution in [0.2, 0.25) is 5.02 Å². The van der Waals surface area contributed by atoms with Gasteiger partial charge in [0, 0.05) is 18.7 Å². The minimum Gasteiger partial charge on any atom is -0.399 e.